The van der Waals surface area contributed by atoms with Gasteiger partial charge in [0.15, 0.2) is 5.65 Å². The summed E-state index contributed by atoms with van der Waals surface area (Å²) in [5.74, 6) is 0. The van der Waals surface area contributed by atoms with Gasteiger partial charge in [0.25, 0.3) is 11.1 Å². The summed E-state index contributed by atoms with van der Waals surface area (Å²) < 4.78 is 4.91. The standard InChI is InChI=1S/C26H14N4O2S/c1-11-3-7-15-17(9-11)29-23(27-15)13-5-6-14-20-19(13)22(26(29)32)33-21(20)24-28-16-8-4-12(2)10-18(16)30(24)25(14)31/h3-10H,1-2H3. The van der Waals surface area contributed by atoms with Crippen molar-refractivity contribution in [1.29, 1.82) is 0 Å². The predicted molar refractivity (Wildman–Crippen MR) is 134 cm³/mol. The highest BCUT2D eigenvalue weighted by Gasteiger charge is 2.24. The summed E-state index contributed by atoms with van der Waals surface area (Å²) in [4.78, 5) is 37.0. The first-order valence-corrected chi connectivity index (χ1v) is 11.5. The van der Waals surface area contributed by atoms with E-state index in [1.165, 1.54) is 11.3 Å². The Hall–Kier alpha value is -4.10. The van der Waals surface area contributed by atoms with Crippen LogP contribution in [0.1, 0.15) is 11.1 Å². The molecule has 0 aliphatic heterocycles. The first kappa shape index (κ1) is 17.5. The van der Waals surface area contributed by atoms with Crippen LogP contribution in [0.3, 0.4) is 0 Å². The third-order valence-corrected chi connectivity index (χ3v) is 7.93. The molecule has 7 heteroatoms. The molecule has 0 aliphatic rings. The van der Waals surface area contributed by atoms with Gasteiger partial charge in [0, 0.05) is 21.5 Å². The molecule has 8 aromatic rings. The Balaban J connectivity index is 1.71. The molecule has 33 heavy (non-hydrogen) atoms. The van der Waals surface area contributed by atoms with Crippen LogP contribution in [-0.2, 0) is 0 Å². The maximum Gasteiger partial charge on any atom is 0.274 e. The molecular weight excluding hydrogens is 432 g/mol. The smallest absolute Gasteiger partial charge is 0.268 e. The molecule has 0 unspecified atom stereocenters. The fourth-order valence-electron chi connectivity index (χ4n) is 5.29. The number of rotatable bonds is 0. The van der Waals surface area contributed by atoms with Crippen molar-refractivity contribution >= 4 is 75.6 Å². The van der Waals surface area contributed by atoms with Gasteiger partial charge in [-0.25, -0.2) is 9.97 Å². The van der Waals surface area contributed by atoms with Crippen LogP contribution in [0.5, 0.6) is 0 Å². The average Bonchev–Trinajstić information content (AvgIpc) is 3.48. The van der Waals surface area contributed by atoms with E-state index >= 15 is 0 Å². The van der Waals surface area contributed by atoms with E-state index in [0.717, 1.165) is 54.1 Å². The zero-order valence-corrected chi connectivity index (χ0v) is 18.4. The van der Waals surface area contributed by atoms with E-state index in [1.54, 1.807) is 8.80 Å². The summed E-state index contributed by atoms with van der Waals surface area (Å²) in [5.41, 5.74) is 6.34. The average molecular weight is 446 g/mol. The Labute approximate surface area is 188 Å². The molecule has 0 radical (unpaired) electrons. The summed E-state index contributed by atoms with van der Waals surface area (Å²) >= 11 is 1.42. The van der Waals surface area contributed by atoms with Crippen molar-refractivity contribution in [1.82, 2.24) is 18.8 Å². The van der Waals surface area contributed by atoms with Crippen molar-refractivity contribution in [2.24, 2.45) is 0 Å². The van der Waals surface area contributed by atoms with E-state index in [9.17, 15) is 9.59 Å². The van der Waals surface area contributed by atoms with Gasteiger partial charge in [-0.05, 0) is 61.4 Å². The van der Waals surface area contributed by atoms with Crippen LogP contribution in [0.2, 0.25) is 0 Å². The van der Waals surface area contributed by atoms with Crippen molar-refractivity contribution < 1.29 is 0 Å². The van der Waals surface area contributed by atoms with Crippen LogP contribution in [0.25, 0.3) is 64.3 Å². The van der Waals surface area contributed by atoms with E-state index < -0.39 is 0 Å². The van der Waals surface area contributed by atoms with Crippen molar-refractivity contribution in [3.05, 3.63) is 80.4 Å². The minimum atomic E-state index is -0.108. The van der Waals surface area contributed by atoms with Gasteiger partial charge in [-0.3, -0.25) is 18.4 Å². The van der Waals surface area contributed by atoms with E-state index in [4.69, 9.17) is 9.97 Å². The van der Waals surface area contributed by atoms with Gasteiger partial charge in [0.2, 0.25) is 0 Å². The fraction of sp³-hybridized carbons (Fsp3) is 0.0769. The monoisotopic (exact) mass is 446 g/mol. The Morgan fingerprint density at radius 3 is 1.94 bits per heavy atom. The molecule has 5 heterocycles. The second kappa shape index (κ2) is 5.44. The summed E-state index contributed by atoms with van der Waals surface area (Å²) in [6.07, 6.45) is 0. The molecule has 0 saturated carbocycles. The highest BCUT2D eigenvalue weighted by Crippen LogP contribution is 2.41. The van der Waals surface area contributed by atoms with Gasteiger partial charge in [0.05, 0.1) is 26.8 Å². The molecule has 3 aromatic carbocycles. The lowest BCUT2D eigenvalue weighted by Gasteiger charge is -2.05. The van der Waals surface area contributed by atoms with Crippen molar-refractivity contribution in [3.63, 3.8) is 0 Å². The molecule has 156 valence electrons. The second-order valence-corrected chi connectivity index (χ2v) is 9.83. The number of pyridine rings is 2. The lowest BCUT2D eigenvalue weighted by atomic mass is 10.0. The van der Waals surface area contributed by atoms with Crippen molar-refractivity contribution in [3.8, 4) is 0 Å². The maximum absolute atomic E-state index is 13.8. The summed E-state index contributed by atoms with van der Waals surface area (Å²) in [6.45, 7) is 4.01. The lowest BCUT2D eigenvalue weighted by Crippen LogP contribution is -2.13. The Morgan fingerprint density at radius 1 is 0.667 bits per heavy atom. The van der Waals surface area contributed by atoms with Crippen LogP contribution < -0.4 is 11.1 Å². The third kappa shape index (κ3) is 1.91. The number of aromatic nitrogens is 4. The minimum Gasteiger partial charge on any atom is -0.268 e. The molecule has 0 atom stereocenters. The maximum atomic E-state index is 13.8. The zero-order valence-electron chi connectivity index (χ0n) is 17.6. The van der Waals surface area contributed by atoms with Crippen LogP contribution in [-0.4, -0.2) is 18.8 Å². The Bertz CT molecular complexity index is 2250. The van der Waals surface area contributed by atoms with Gasteiger partial charge in [-0.2, -0.15) is 0 Å². The number of hydrogen-bond donors (Lipinski definition) is 0. The number of hydrogen-bond acceptors (Lipinski definition) is 5. The lowest BCUT2D eigenvalue weighted by molar-refractivity contribution is 1.19. The first-order chi connectivity index (χ1) is 16.0. The molecule has 0 N–H and O–H groups in total. The van der Waals surface area contributed by atoms with Gasteiger partial charge in [-0.15, -0.1) is 11.3 Å². The van der Waals surface area contributed by atoms with Crippen LogP contribution >= 0.6 is 11.3 Å². The predicted octanol–water partition coefficient (Wildman–Crippen LogP) is 5.02. The quantitative estimate of drug-likeness (QED) is 0.307. The van der Waals surface area contributed by atoms with Crippen LogP contribution in [0.15, 0.2) is 58.1 Å². The number of aryl methyl sites for hydroxylation is 2. The van der Waals surface area contributed by atoms with Crippen LogP contribution in [0, 0.1) is 13.8 Å². The van der Waals surface area contributed by atoms with Crippen LogP contribution in [0.4, 0.5) is 0 Å². The van der Waals surface area contributed by atoms with Crippen molar-refractivity contribution in [2.45, 2.75) is 13.8 Å². The van der Waals surface area contributed by atoms with E-state index in [-0.39, 0.29) is 11.1 Å². The zero-order chi connectivity index (χ0) is 22.2. The molecule has 0 fully saturated rings. The molecule has 5 aromatic heterocycles. The third-order valence-electron chi connectivity index (χ3n) is 6.76. The molecule has 0 aliphatic carbocycles. The Morgan fingerprint density at radius 2 is 1.24 bits per heavy atom. The number of benzene rings is 3. The Kier molecular flexibility index (Phi) is 2.88. The largest absolute Gasteiger partial charge is 0.274 e. The summed E-state index contributed by atoms with van der Waals surface area (Å²) in [7, 11) is 0. The van der Waals surface area contributed by atoms with E-state index in [1.807, 2.05) is 62.4 Å². The molecule has 0 spiro atoms. The SMILES string of the molecule is Cc1ccc2nc3c4ccc5c(=O)n6c7cc(C)ccc7nc6c6sc(c(=O)n3c2c1)c4c56. The normalized spacial score (nSPS) is 12.8. The molecule has 8 rings (SSSR count). The first-order valence-electron chi connectivity index (χ1n) is 10.7. The molecule has 0 bridgehead atoms. The van der Waals surface area contributed by atoms with E-state index in [0.29, 0.717) is 21.4 Å². The van der Waals surface area contributed by atoms with Crippen molar-refractivity contribution in [2.75, 3.05) is 0 Å². The van der Waals surface area contributed by atoms with Gasteiger partial charge >= 0.3 is 0 Å². The second-order valence-electron chi connectivity index (χ2n) is 8.81. The number of fused-ring (bicyclic) bond motifs is 8. The molecular formula is C26H14N4O2S. The van der Waals surface area contributed by atoms with E-state index in [2.05, 4.69) is 0 Å². The highest BCUT2D eigenvalue weighted by molar-refractivity contribution is 7.26. The summed E-state index contributed by atoms with van der Waals surface area (Å²) in [6, 6.07) is 15.7. The van der Waals surface area contributed by atoms with Gasteiger partial charge in [-0.1, -0.05) is 12.1 Å². The highest BCUT2D eigenvalue weighted by atomic mass is 32.1. The van der Waals surface area contributed by atoms with Gasteiger partial charge < -0.3 is 0 Å². The molecule has 0 amide bonds. The topological polar surface area (TPSA) is 68.7 Å². The fourth-order valence-corrected chi connectivity index (χ4v) is 6.53. The van der Waals surface area contributed by atoms with Gasteiger partial charge in [0.1, 0.15) is 10.3 Å². The molecule has 6 nitrogen and oxygen atoms in total. The number of imidazole rings is 2. The number of thiophene rings is 1. The molecule has 0 saturated heterocycles. The minimum absolute atomic E-state index is 0.100. The summed E-state index contributed by atoms with van der Waals surface area (Å²) in [5, 5.41) is 3.13. The number of nitrogens with zero attached hydrogens (tertiary/aromatic N) is 4.